The number of hydrogen-bond donors (Lipinski definition) is 0. The van der Waals surface area contributed by atoms with Crippen molar-refractivity contribution in [2.75, 3.05) is 9.80 Å². The molecule has 2 heteroatoms. The first-order valence-electron chi connectivity index (χ1n) is 17.4. The molecule has 0 aromatic heterocycles. The van der Waals surface area contributed by atoms with Crippen LogP contribution in [0.4, 0.5) is 34.1 Å². The Hall–Kier alpha value is -6.64. The minimum absolute atomic E-state index is 1.12. The van der Waals surface area contributed by atoms with Gasteiger partial charge in [0.15, 0.2) is 0 Å². The summed E-state index contributed by atoms with van der Waals surface area (Å²) in [4.78, 5) is 4.64. The SMILES string of the molecule is Cc1cccc(N(c2ccc(-c3ccc(/C=C/c4ccc(N(c5ccccc5)c5ccccc5)cc4)cc3)cc2)c2cccc3ccccc23)c1. The van der Waals surface area contributed by atoms with Crippen LogP contribution in [0.25, 0.3) is 34.1 Å². The Kier molecular flexibility index (Phi) is 8.96. The van der Waals surface area contributed by atoms with Crippen molar-refractivity contribution in [2.24, 2.45) is 0 Å². The van der Waals surface area contributed by atoms with Gasteiger partial charge < -0.3 is 9.80 Å². The molecule has 0 saturated carbocycles. The predicted octanol–water partition coefficient (Wildman–Crippen LogP) is 13.9. The van der Waals surface area contributed by atoms with Gasteiger partial charge in [0.1, 0.15) is 0 Å². The molecule has 244 valence electrons. The van der Waals surface area contributed by atoms with Crippen molar-refractivity contribution in [3.05, 3.63) is 217 Å². The summed E-state index contributed by atoms with van der Waals surface area (Å²) in [6.07, 6.45) is 4.36. The Labute approximate surface area is 300 Å². The minimum atomic E-state index is 1.12. The first kappa shape index (κ1) is 31.6. The second-order valence-corrected chi connectivity index (χ2v) is 12.8. The molecule has 0 heterocycles. The zero-order chi connectivity index (χ0) is 34.4. The quantitative estimate of drug-likeness (QED) is 0.143. The highest BCUT2D eigenvalue weighted by atomic mass is 15.1. The van der Waals surface area contributed by atoms with E-state index in [2.05, 4.69) is 229 Å². The Morgan fingerprint density at radius 3 is 1.43 bits per heavy atom. The summed E-state index contributed by atoms with van der Waals surface area (Å²) in [6, 6.07) is 71.3. The summed E-state index contributed by atoms with van der Waals surface area (Å²) in [7, 11) is 0. The molecule has 51 heavy (non-hydrogen) atoms. The van der Waals surface area contributed by atoms with Crippen LogP contribution in [0.15, 0.2) is 200 Å². The molecule has 0 radical (unpaired) electrons. The van der Waals surface area contributed by atoms with E-state index in [0.29, 0.717) is 0 Å². The largest absolute Gasteiger partial charge is 0.311 e. The van der Waals surface area contributed by atoms with Crippen LogP contribution < -0.4 is 9.80 Å². The monoisotopic (exact) mass is 654 g/mol. The van der Waals surface area contributed by atoms with Crippen LogP contribution in [0.5, 0.6) is 0 Å². The molecule has 8 aromatic carbocycles. The van der Waals surface area contributed by atoms with Gasteiger partial charge in [-0.1, -0.05) is 146 Å². The summed E-state index contributed by atoms with van der Waals surface area (Å²) >= 11 is 0. The summed E-state index contributed by atoms with van der Waals surface area (Å²) < 4.78 is 0. The predicted molar refractivity (Wildman–Crippen MR) is 219 cm³/mol. The van der Waals surface area contributed by atoms with E-state index in [9.17, 15) is 0 Å². The molecular formula is C49H38N2. The smallest absolute Gasteiger partial charge is 0.0540 e. The van der Waals surface area contributed by atoms with Gasteiger partial charge in [-0.3, -0.25) is 0 Å². The van der Waals surface area contributed by atoms with Crippen molar-refractivity contribution >= 4 is 57.0 Å². The van der Waals surface area contributed by atoms with E-state index in [0.717, 1.165) is 39.6 Å². The van der Waals surface area contributed by atoms with Gasteiger partial charge in [0.05, 0.1) is 5.69 Å². The summed E-state index contributed by atoms with van der Waals surface area (Å²) in [5.41, 5.74) is 12.8. The maximum atomic E-state index is 2.36. The first-order chi connectivity index (χ1) is 25.2. The molecule has 0 unspecified atom stereocenters. The number of anilines is 6. The van der Waals surface area contributed by atoms with Crippen LogP contribution in [0, 0.1) is 6.92 Å². The highest BCUT2D eigenvalue weighted by Crippen LogP contribution is 2.40. The summed E-state index contributed by atoms with van der Waals surface area (Å²) in [5, 5.41) is 2.46. The molecule has 8 rings (SSSR count). The molecule has 0 saturated heterocycles. The fourth-order valence-electron chi connectivity index (χ4n) is 6.72. The van der Waals surface area contributed by atoms with E-state index in [-0.39, 0.29) is 0 Å². The van der Waals surface area contributed by atoms with E-state index in [1.807, 2.05) is 0 Å². The lowest BCUT2D eigenvalue weighted by molar-refractivity contribution is 1.28. The zero-order valence-electron chi connectivity index (χ0n) is 28.6. The molecule has 0 N–H and O–H groups in total. The average Bonchev–Trinajstić information content (AvgIpc) is 3.19. The third kappa shape index (κ3) is 6.94. The first-order valence-corrected chi connectivity index (χ1v) is 17.4. The lowest BCUT2D eigenvalue weighted by Gasteiger charge is -2.27. The van der Waals surface area contributed by atoms with Crippen LogP contribution >= 0.6 is 0 Å². The average molecular weight is 655 g/mol. The van der Waals surface area contributed by atoms with Crippen LogP contribution in [0.2, 0.25) is 0 Å². The van der Waals surface area contributed by atoms with Gasteiger partial charge in [-0.2, -0.15) is 0 Å². The van der Waals surface area contributed by atoms with Gasteiger partial charge in [0, 0.05) is 33.8 Å². The van der Waals surface area contributed by atoms with E-state index in [1.54, 1.807) is 0 Å². The fraction of sp³-hybridized carbons (Fsp3) is 0.0204. The molecule has 0 aliphatic rings. The number of para-hydroxylation sites is 2. The van der Waals surface area contributed by atoms with Crippen molar-refractivity contribution in [2.45, 2.75) is 6.92 Å². The minimum Gasteiger partial charge on any atom is -0.311 e. The van der Waals surface area contributed by atoms with Crippen molar-refractivity contribution in [3.63, 3.8) is 0 Å². The maximum absolute atomic E-state index is 2.36. The fourth-order valence-corrected chi connectivity index (χ4v) is 6.72. The van der Waals surface area contributed by atoms with Crippen molar-refractivity contribution < 1.29 is 0 Å². The highest BCUT2D eigenvalue weighted by molar-refractivity contribution is 5.99. The van der Waals surface area contributed by atoms with Crippen LogP contribution in [-0.2, 0) is 0 Å². The topological polar surface area (TPSA) is 6.48 Å². The molecule has 0 atom stereocenters. The third-order valence-electron chi connectivity index (χ3n) is 9.29. The Balaban J connectivity index is 1.01. The van der Waals surface area contributed by atoms with Crippen molar-refractivity contribution in [1.82, 2.24) is 0 Å². The second kappa shape index (κ2) is 14.5. The van der Waals surface area contributed by atoms with Crippen LogP contribution in [0.3, 0.4) is 0 Å². The number of rotatable bonds is 9. The molecule has 0 aliphatic heterocycles. The number of fused-ring (bicyclic) bond motifs is 1. The summed E-state index contributed by atoms with van der Waals surface area (Å²) in [5.74, 6) is 0. The van der Waals surface area contributed by atoms with Crippen molar-refractivity contribution in [1.29, 1.82) is 0 Å². The van der Waals surface area contributed by atoms with Gasteiger partial charge in [-0.05, 0) is 107 Å². The standard InChI is InChI=1S/C49H38N2/c1-37-12-10-19-47(36-37)51(49-21-11-14-42-13-8-9-20-48(42)49)46-34-30-41(31-35-46)40-28-24-38(25-29-40)22-23-39-26-32-45(33-27-39)50(43-15-4-2-5-16-43)44-17-6-3-7-18-44/h2-36H,1H3/b23-22+. The molecule has 0 amide bonds. The zero-order valence-corrected chi connectivity index (χ0v) is 28.6. The Morgan fingerprint density at radius 1 is 0.353 bits per heavy atom. The van der Waals surface area contributed by atoms with E-state index in [4.69, 9.17) is 0 Å². The molecule has 0 bridgehead atoms. The van der Waals surface area contributed by atoms with Gasteiger partial charge in [-0.25, -0.2) is 0 Å². The van der Waals surface area contributed by atoms with Gasteiger partial charge in [0.2, 0.25) is 0 Å². The second-order valence-electron chi connectivity index (χ2n) is 12.8. The molecular weight excluding hydrogens is 617 g/mol. The number of hydrogen-bond acceptors (Lipinski definition) is 2. The third-order valence-corrected chi connectivity index (χ3v) is 9.29. The molecule has 2 nitrogen and oxygen atoms in total. The molecule has 0 spiro atoms. The molecule has 0 aliphatic carbocycles. The molecule has 8 aromatic rings. The van der Waals surface area contributed by atoms with E-state index >= 15 is 0 Å². The number of benzene rings is 8. The van der Waals surface area contributed by atoms with Gasteiger partial charge in [0.25, 0.3) is 0 Å². The number of nitrogens with zero attached hydrogens (tertiary/aromatic N) is 2. The normalized spacial score (nSPS) is 11.2. The van der Waals surface area contributed by atoms with E-state index < -0.39 is 0 Å². The van der Waals surface area contributed by atoms with Crippen molar-refractivity contribution in [3.8, 4) is 11.1 Å². The van der Waals surface area contributed by atoms with Gasteiger partial charge >= 0.3 is 0 Å². The van der Waals surface area contributed by atoms with E-state index in [1.165, 1.54) is 33.2 Å². The summed E-state index contributed by atoms with van der Waals surface area (Å²) in [6.45, 7) is 2.15. The maximum Gasteiger partial charge on any atom is 0.0540 e. The molecule has 0 fully saturated rings. The highest BCUT2D eigenvalue weighted by Gasteiger charge is 2.16. The Bertz CT molecular complexity index is 2350. The van der Waals surface area contributed by atoms with Crippen LogP contribution in [-0.4, -0.2) is 0 Å². The lowest BCUT2D eigenvalue weighted by atomic mass is 10.0. The number of aryl methyl sites for hydroxylation is 1. The lowest BCUT2D eigenvalue weighted by Crippen LogP contribution is -2.10. The Morgan fingerprint density at radius 2 is 0.804 bits per heavy atom. The van der Waals surface area contributed by atoms with Crippen LogP contribution in [0.1, 0.15) is 16.7 Å². The van der Waals surface area contributed by atoms with Gasteiger partial charge in [-0.15, -0.1) is 0 Å².